The summed E-state index contributed by atoms with van der Waals surface area (Å²) in [5.74, 6) is 0. The van der Waals surface area contributed by atoms with Crippen LogP contribution in [0.4, 0.5) is 5.69 Å². The van der Waals surface area contributed by atoms with Gasteiger partial charge < -0.3 is 4.90 Å². The largest absolute Gasteiger partial charge is 0.362 e. The lowest BCUT2D eigenvalue weighted by Gasteiger charge is -2.24. The van der Waals surface area contributed by atoms with Gasteiger partial charge in [-0.05, 0) is 49.2 Å². The lowest BCUT2D eigenvalue weighted by Crippen LogP contribution is -2.30. The Morgan fingerprint density at radius 3 is 2.78 bits per heavy atom. The number of nitrogens with two attached hydrogens (primary N) is 1. The maximum Gasteiger partial charge on any atom is 0.258 e. The van der Waals surface area contributed by atoms with Crippen LogP contribution in [0.3, 0.4) is 0 Å². The van der Waals surface area contributed by atoms with Crippen molar-refractivity contribution in [1.82, 2.24) is 9.38 Å². The van der Waals surface area contributed by atoms with E-state index in [0.29, 0.717) is 29.3 Å². The number of rotatable bonds is 3. The second kappa shape index (κ2) is 6.33. The first-order chi connectivity index (χ1) is 12.7. The van der Waals surface area contributed by atoms with Gasteiger partial charge in [0.15, 0.2) is 0 Å². The fraction of sp³-hybridized carbons (Fsp3) is 0.222. The number of pyridine rings is 1. The van der Waals surface area contributed by atoms with Crippen LogP contribution >= 0.6 is 11.6 Å². The second-order valence-electron chi connectivity index (χ2n) is 6.68. The molecule has 4 rings (SSSR count). The third-order valence-corrected chi connectivity index (χ3v) is 5.88. The summed E-state index contributed by atoms with van der Waals surface area (Å²) in [7, 11) is -3.74. The van der Waals surface area contributed by atoms with Crippen molar-refractivity contribution < 1.29 is 8.42 Å². The highest BCUT2D eigenvalue weighted by Crippen LogP contribution is 2.34. The van der Waals surface area contributed by atoms with E-state index in [-0.39, 0.29) is 16.5 Å². The molecule has 1 aliphatic heterocycles. The van der Waals surface area contributed by atoms with Crippen LogP contribution in [0.2, 0.25) is 5.02 Å². The Morgan fingerprint density at radius 1 is 1.26 bits per heavy atom. The lowest BCUT2D eigenvalue weighted by molar-refractivity contribution is 0.597. The Labute approximate surface area is 161 Å². The van der Waals surface area contributed by atoms with Crippen LogP contribution < -0.4 is 15.6 Å². The van der Waals surface area contributed by atoms with E-state index < -0.39 is 10.0 Å². The van der Waals surface area contributed by atoms with E-state index >= 15 is 0 Å². The van der Waals surface area contributed by atoms with Crippen LogP contribution in [-0.4, -0.2) is 23.8 Å². The summed E-state index contributed by atoms with van der Waals surface area (Å²) in [6.45, 7) is 2.49. The summed E-state index contributed by atoms with van der Waals surface area (Å²) in [6.07, 6.45) is 2.24. The van der Waals surface area contributed by atoms with Crippen molar-refractivity contribution in [3.63, 3.8) is 0 Å². The Kier molecular flexibility index (Phi) is 4.21. The van der Waals surface area contributed by atoms with Crippen molar-refractivity contribution in [3.8, 4) is 0 Å². The van der Waals surface area contributed by atoms with Crippen molar-refractivity contribution in [2.24, 2.45) is 5.14 Å². The smallest absolute Gasteiger partial charge is 0.258 e. The molecule has 0 saturated heterocycles. The number of sulfonamides is 1. The van der Waals surface area contributed by atoms with Gasteiger partial charge in [-0.1, -0.05) is 11.6 Å². The standard InChI is InChI=1S/C18H17ClN4O3S/c1-11-6-12-7-15(27(20,25)26)3-4-16(12)22(11)10-14-8-18(24)23-9-13(19)2-5-17(23)21-14/h2-5,7-9,11H,6,10H2,1H3,(H2,20,25,26). The highest BCUT2D eigenvalue weighted by atomic mass is 35.5. The lowest BCUT2D eigenvalue weighted by atomic mass is 10.1. The van der Waals surface area contributed by atoms with Gasteiger partial charge in [0, 0.05) is 24.0 Å². The average molecular weight is 405 g/mol. The van der Waals surface area contributed by atoms with Crippen LogP contribution in [0.1, 0.15) is 18.2 Å². The SMILES string of the molecule is CC1Cc2cc(S(N)(=O)=O)ccc2N1Cc1cc(=O)n2cc(Cl)ccc2n1. The normalized spacial score (nSPS) is 16.7. The summed E-state index contributed by atoms with van der Waals surface area (Å²) < 4.78 is 24.6. The van der Waals surface area contributed by atoms with E-state index in [1.54, 1.807) is 30.5 Å². The fourth-order valence-corrected chi connectivity index (χ4v) is 4.20. The number of benzene rings is 1. The minimum Gasteiger partial charge on any atom is -0.362 e. The molecular formula is C18H17ClN4O3S. The third-order valence-electron chi connectivity index (χ3n) is 4.75. The van der Waals surface area contributed by atoms with Crippen LogP contribution in [0, 0.1) is 0 Å². The number of nitrogens with zero attached hydrogens (tertiary/aromatic N) is 3. The molecule has 0 bridgehead atoms. The Balaban J connectivity index is 1.71. The first-order valence-electron chi connectivity index (χ1n) is 8.32. The molecule has 1 unspecified atom stereocenters. The molecule has 7 nitrogen and oxygen atoms in total. The number of halogens is 1. The maximum atomic E-state index is 12.4. The summed E-state index contributed by atoms with van der Waals surface area (Å²) in [5.41, 5.74) is 2.80. The van der Waals surface area contributed by atoms with Gasteiger partial charge >= 0.3 is 0 Å². The zero-order valence-electron chi connectivity index (χ0n) is 14.5. The van der Waals surface area contributed by atoms with Gasteiger partial charge in [-0.25, -0.2) is 18.5 Å². The van der Waals surface area contributed by atoms with E-state index in [1.165, 1.54) is 16.5 Å². The molecule has 0 spiro atoms. The van der Waals surface area contributed by atoms with E-state index in [0.717, 1.165) is 11.3 Å². The number of primary sulfonamides is 1. The van der Waals surface area contributed by atoms with Crippen molar-refractivity contribution in [2.45, 2.75) is 30.8 Å². The highest BCUT2D eigenvalue weighted by molar-refractivity contribution is 7.89. The molecule has 0 amide bonds. The summed E-state index contributed by atoms with van der Waals surface area (Å²) in [5, 5.41) is 5.69. The summed E-state index contributed by atoms with van der Waals surface area (Å²) >= 11 is 5.94. The number of hydrogen-bond donors (Lipinski definition) is 1. The molecule has 27 heavy (non-hydrogen) atoms. The van der Waals surface area contributed by atoms with Crippen LogP contribution in [0.5, 0.6) is 0 Å². The van der Waals surface area contributed by atoms with E-state index in [9.17, 15) is 13.2 Å². The molecule has 0 aliphatic carbocycles. The molecule has 0 fully saturated rings. The number of aromatic nitrogens is 2. The molecular weight excluding hydrogens is 388 g/mol. The first kappa shape index (κ1) is 18.0. The Hall–Kier alpha value is -2.42. The van der Waals surface area contributed by atoms with Gasteiger partial charge in [-0.15, -0.1) is 0 Å². The van der Waals surface area contributed by atoms with Crippen molar-refractivity contribution in [3.05, 3.63) is 69.2 Å². The minimum atomic E-state index is -3.74. The van der Waals surface area contributed by atoms with Crippen LogP contribution in [-0.2, 0) is 23.0 Å². The molecule has 2 aromatic heterocycles. The molecule has 9 heteroatoms. The van der Waals surface area contributed by atoms with Gasteiger partial charge in [-0.3, -0.25) is 9.20 Å². The van der Waals surface area contributed by atoms with Crippen LogP contribution in [0.25, 0.3) is 5.65 Å². The molecule has 3 aromatic rings. The van der Waals surface area contributed by atoms with Crippen molar-refractivity contribution in [1.29, 1.82) is 0 Å². The number of fused-ring (bicyclic) bond motifs is 2. The van der Waals surface area contributed by atoms with Crippen molar-refractivity contribution in [2.75, 3.05) is 4.90 Å². The second-order valence-corrected chi connectivity index (χ2v) is 8.68. The Bertz CT molecular complexity index is 1220. The molecule has 140 valence electrons. The third kappa shape index (κ3) is 3.31. The average Bonchev–Trinajstić information content (AvgIpc) is 2.90. The quantitative estimate of drug-likeness (QED) is 0.719. The summed E-state index contributed by atoms with van der Waals surface area (Å²) in [6, 6.07) is 9.90. The summed E-state index contributed by atoms with van der Waals surface area (Å²) in [4.78, 5) is 19.1. The molecule has 2 N–H and O–H groups in total. The molecule has 1 aromatic carbocycles. The first-order valence-corrected chi connectivity index (χ1v) is 10.2. The van der Waals surface area contributed by atoms with Gasteiger partial charge in [0.05, 0.1) is 22.2 Å². The monoisotopic (exact) mass is 404 g/mol. The van der Waals surface area contributed by atoms with Gasteiger partial charge in [0.25, 0.3) is 5.56 Å². The zero-order valence-corrected chi connectivity index (χ0v) is 16.0. The molecule has 0 saturated carbocycles. The topological polar surface area (TPSA) is 97.8 Å². The molecule has 0 radical (unpaired) electrons. The van der Waals surface area contributed by atoms with E-state index in [1.807, 2.05) is 6.92 Å². The Morgan fingerprint density at radius 2 is 2.04 bits per heavy atom. The predicted molar refractivity (Wildman–Crippen MR) is 104 cm³/mol. The predicted octanol–water partition coefficient (Wildman–Crippen LogP) is 1.95. The molecule has 1 aliphatic rings. The molecule has 3 heterocycles. The maximum absolute atomic E-state index is 12.4. The van der Waals surface area contributed by atoms with Gasteiger partial charge in [0.1, 0.15) is 5.65 Å². The van der Waals surface area contributed by atoms with Gasteiger partial charge in [-0.2, -0.15) is 0 Å². The number of hydrogen-bond acceptors (Lipinski definition) is 5. The van der Waals surface area contributed by atoms with Crippen molar-refractivity contribution >= 4 is 33.0 Å². The fourth-order valence-electron chi connectivity index (χ4n) is 3.47. The number of anilines is 1. The minimum absolute atomic E-state index is 0.106. The van der Waals surface area contributed by atoms with Crippen LogP contribution in [0.15, 0.2) is 52.3 Å². The zero-order chi connectivity index (χ0) is 19.3. The van der Waals surface area contributed by atoms with E-state index in [4.69, 9.17) is 16.7 Å². The van der Waals surface area contributed by atoms with E-state index in [2.05, 4.69) is 9.88 Å². The molecule has 1 atom stereocenters. The highest BCUT2D eigenvalue weighted by Gasteiger charge is 2.27. The van der Waals surface area contributed by atoms with Gasteiger partial charge in [0.2, 0.25) is 10.0 Å².